The van der Waals surface area contributed by atoms with Crippen LogP contribution in [-0.2, 0) is 19.2 Å². The molecule has 2 aliphatic rings. The second-order valence-corrected chi connectivity index (χ2v) is 3.41. The van der Waals surface area contributed by atoms with Crippen molar-refractivity contribution in [2.24, 2.45) is 0 Å². The van der Waals surface area contributed by atoms with Crippen LogP contribution in [0.15, 0.2) is 0 Å². The van der Waals surface area contributed by atoms with Crippen LogP contribution in [0.2, 0.25) is 0 Å². The van der Waals surface area contributed by atoms with Gasteiger partial charge in [0.1, 0.15) is 6.54 Å². The first-order valence-electron chi connectivity index (χ1n) is 4.76. The van der Waals surface area contributed by atoms with E-state index in [1.807, 2.05) is 0 Å². The third-order valence-corrected chi connectivity index (χ3v) is 2.35. The molecule has 8 heteroatoms. The molecule has 2 fully saturated rings. The fourth-order valence-electron chi connectivity index (χ4n) is 1.57. The molecule has 0 aromatic heterocycles. The van der Waals surface area contributed by atoms with Crippen LogP contribution in [0.5, 0.6) is 0 Å². The van der Waals surface area contributed by atoms with E-state index in [1.54, 1.807) is 0 Å². The number of amides is 4. The molecule has 0 aliphatic carbocycles. The third-order valence-electron chi connectivity index (χ3n) is 2.35. The highest BCUT2D eigenvalue weighted by Gasteiger charge is 2.36. The Labute approximate surface area is 90.5 Å². The fourth-order valence-corrected chi connectivity index (χ4v) is 1.57. The lowest BCUT2D eigenvalue weighted by Gasteiger charge is -2.38. The Balaban J connectivity index is 2.15. The number of nitrogens with one attached hydrogen (secondary N) is 2. The molecule has 2 N–H and O–H groups in total. The van der Waals surface area contributed by atoms with Gasteiger partial charge >= 0.3 is 11.8 Å². The highest BCUT2D eigenvalue weighted by Crippen LogP contribution is 2.05. The van der Waals surface area contributed by atoms with Crippen LogP contribution in [0.25, 0.3) is 0 Å². The summed E-state index contributed by atoms with van der Waals surface area (Å²) < 4.78 is 0. The first kappa shape index (κ1) is 10.4. The average molecular weight is 226 g/mol. The zero-order chi connectivity index (χ0) is 11.7. The molecule has 4 amide bonds. The topological polar surface area (TPSA) is 98.8 Å². The number of carbonyl (C=O) groups excluding carboxylic acids is 4. The number of hydrazine groups is 1. The molecule has 16 heavy (non-hydrogen) atoms. The van der Waals surface area contributed by atoms with Gasteiger partial charge in [-0.25, -0.2) is 10.0 Å². The minimum absolute atomic E-state index is 0.149. The van der Waals surface area contributed by atoms with Crippen molar-refractivity contribution in [3.05, 3.63) is 0 Å². The highest BCUT2D eigenvalue weighted by atomic mass is 16.2. The summed E-state index contributed by atoms with van der Waals surface area (Å²) in [5, 5.41) is 6.74. The first-order valence-corrected chi connectivity index (χ1v) is 4.76. The summed E-state index contributed by atoms with van der Waals surface area (Å²) in [5.74, 6) is -2.32. The quantitative estimate of drug-likeness (QED) is 0.460. The lowest BCUT2D eigenvalue weighted by molar-refractivity contribution is -0.173. The van der Waals surface area contributed by atoms with Crippen LogP contribution < -0.4 is 10.6 Å². The summed E-state index contributed by atoms with van der Waals surface area (Å²) in [6.45, 7) is 0.0989. The predicted molar refractivity (Wildman–Crippen MR) is 49.4 cm³/mol. The Bertz CT molecular complexity index is 380. The van der Waals surface area contributed by atoms with Gasteiger partial charge in [-0.2, -0.15) is 0 Å². The summed E-state index contributed by atoms with van der Waals surface area (Å²) >= 11 is 0. The van der Waals surface area contributed by atoms with Crippen molar-refractivity contribution in [3.8, 4) is 0 Å². The fraction of sp³-hybridized carbons (Fsp3) is 0.500. The van der Waals surface area contributed by atoms with Crippen molar-refractivity contribution >= 4 is 23.6 Å². The Hall–Kier alpha value is -2.12. The van der Waals surface area contributed by atoms with Crippen LogP contribution in [-0.4, -0.2) is 59.8 Å². The summed E-state index contributed by atoms with van der Waals surface area (Å²) in [5.41, 5.74) is 0. The van der Waals surface area contributed by atoms with E-state index < -0.39 is 17.7 Å². The van der Waals surface area contributed by atoms with Crippen molar-refractivity contribution < 1.29 is 19.2 Å². The lowest BCUT2D eigenvalue weighted by Crippen LogP contribution is -2.65. The normalized spacial score (nSPS) is 22.0. The minimum Gasteiger partial charge on any atom is -0.346 e. The van der Waals surface area contributed by atoms with Gasteiger partial charge in [0.05, 0.1) is 13.1 Å². The van der Waals surface area contributed by atoms with Gasteiger partial charge in [-0.1, -0.05) is 0 Å². The van der Waals surface area contributed by atoms with Crippen LogP contribution >= 0.6 is 0 Å². The SMILES string of the molecule is O=C1CN(N2CCNC(=O)C2=O)C(=O)CN1. The van der Waals surface area contributed by atoms with Crippen LogP contribution in [0.4, 0.5) is 0 Å². The van der Waals surface area contributed by atoms with Crippen LogP contribution in [0.3, 0.4) is 0 Å². The molecule has 2 rings (SSSR count). The number of hydrogen-bond acceptors (Lipinski definition) is 4. The Kier molecular flexibility index (Phi) is 2.47. The predicted octanol–water partition coefficient (Wildman–Crippen LogP) is -3.18. The Morgan fingerprint density at radius 2 is 1.75 bits per heavy atom. The molecule has 0 bridgehead atoms. The van der Waals surface area contributed by atoms with E-state index in [2.05, 4.69) is 10.6 Å². The van der Waals surface area contributed by atoms with E-state index in [0.717, 1.165) is 10.0 Å². The smallest absolute Gasteiger partial charge is 0.330 e. The summed E-state index contributed by atoms with van der Waals surface area (Å²) in [4.78, 5) is 45.1. The van der Waals surface area contributed by atoms with Gasteiger partial charge in [0.25, 0.3) is 5.91 Å². The van der Waals surface area contributed by atoms with Crippen molar-refractivity contribution in [1.82, 2.24) is 20.7 Å². The third kappa shape index (κ3) is 1.69. The van der Waals surface area contributed by atoms with Gasteiger partial charge in [0, 0.05) is 6.54 Å². The summed E-state index contributed by atoms with van der Waals surface area (Å²) in [6.07, 6.45) is 0. The highest BCUT2D eigenvalue weighted by molar-refractivity contribution is 6.35. The van der Waals surface area contributed by atoms with Crippen molar-refractivity contribution in [1.29, 1.82) is 0 Å². The molecule has 0 saturated carbocycles. The summed E-state index contributed by atoms with van der Waals surface area (Å²) in [6, 6.07) is 0. The molecule has 0 aromatic rings. The standard InChI is InChI=1S/C8H10N4O4/c13-5-4-12(6(14)3-10-5)11-2-1-9-7(15)8(11)16/h1-4H2,(H,9,15)(H,10,13). The molecule has 86 valence electrons. The largest absolute Gasteiger partial charge is 0.346 e. The molecule has 0 radical (unpaired) electrons. The van der Waals surface area contributed by atoms with Gasteiger partial charge in [-0.15, -0.1) is 0 Å². The van der Waals surface area contributed by atoms with E-state index in [9.17, 15) is 19.2 Å². The van der Waals surface area contributed by atoms with Gasteiger partial charge in [0.15, 0.2) is 0 Å². The number of carbonyl (C=O) groups is 4. The van der Waals surface area contributed by atoms with Gasteiger partial charge < -0.3 is 10.6 Å². The number of hydrogen-bond donors (Lipinski definition) is 2. The van der Waals surface area contributed by atoms with Crippen molar-refractivity contribution in [2.45, 2.75) is 0 Å². The lowest BCUT2D eigenvalue weighted by atomic mass is 10.3. The molecule has 2 saturated heterocycles. The Morgan fingerprint density at radius 3 is 2.50 bits per heavy atom. The first-order chi connectivity index (χ1) is 7.59. The molecule has 0 aromatic carbocycles. The van der Waals surface area contributed by atoms with Gasteiger partial charge in [-0.3, -0.25) is 19.2 Å². The number of piperazine rings is 2. The Morgan fingerprint density at radius 1 is 1.00 bits per heavy atom. The van der Waals surface area contributed by atoms with E-state index in [-0.39, 0.29) is 32.1 Å². The molecular formula is C8H10N4O4. The van der Waals surface area contributed by atoms with Gasteiger partial charge in [-0.05, 0) is 0 Å². The van der Waals surface area contributed by atoms with E-state index >= 15 is 0 Å². The van der Waals surface area contributed by atoms with Gasteiger partial charge in [0.2, 0.25) is 5.91 Å². The summed E-state index contributed by atoms with van der Waals surface area (Å²) in [7, 11) is 0. The minimum atomic E-state index is -0.811. The second kappa shape index (κ2) is 3.80. The second-order valence-electron chi connectivity index (χ2n) is 3.41. The number of nitrogens with zero attached hydrogens (tertiary/aromatic N) is 2. The van der Waals surface area contributed by atoms with Crippen LogP contribution in [0, 0.1) is 0 Å². The van der Waals surface area contributed by atoms with Crippen molar-refractivity contribution in [2.75, 3.05) is 26.2 Å². The molecule has 0 unspecified atom stereocenters. The molecule has 0 spiro atoms. The zero-order valence-electron chi connectivity index (χ0n) is 8.36. The van der Waals surface area contributed by atoms with E-state index in [4.69, 9.17) is 0 Å². The maximum atomic E-state index is 11.5. The molecule has 2 heterocycles. The molecule has 0 atom stereocenters. The van der Waals surface area contributed by atoms with Crippen molar-refractivity contribution in [3.63, 3.8) is 0 Å². The molecule has 8 nitrogen and oxygen atoms in total. The molecular weight excluding hydrogens is 216 g/mol. The van der Waals surface area contributed by atoms with E-state index in [0.29, 0.717) is 0 Å². The maximum absolute atomic E-state index is 11.5. The van der Waals surface area contributed by atoms with E-state index in [1.165, 1.54) is 0 Å². The maximum Gasteiger partial charge on any atom is 0.330 e. The van der Waals surface area contributed by atoms with Crippen LogP contribution in [0.1, 0.15) is 0 Å². The molecule has 2 aliphatic heterocycles. The zero-order valence-corrected chi connectivity index (χ0v) is 8.36. The average Bonchev–Trinajstić information content (AvgIpc) is 2.26. The number of rotatable bonds is 1. The monoisotopic (exact) mass is 226 g/mol.